The zero-order valence-corrected chi connectivity index (χ0v) is 18.6. The van der Waals surface area contributed by atoms with Crippen molar-refractivity contribution in [1.29, 1.82) is 0 Å². The third-order valence-corrected chi connectivity index (χ3v) is 12.4. The van der Waals surface area contributed by atoms with E-state index < -0.39 is 8.32 Å². The molecule has 144 valence electrons. The highest BCUT2D eigenvalue weighted by Gasteiger charge is 2.58. The molecule has 25 heavy (non-hydrogen) atoms. The number of rotatable bonds is 3. The topological polar surface area (TPSA) is 9.23 Å². The van der Waals surface area contributed by atoms with Gasteiger partial charge in [-0.25, -0.2) is 0 Å². The van der Waals surface area contributed by atoms with Crippen LogP contribution in [-0.4, -0.2) is 14.4 Å². The molecule has 0 aromatic heterocycles. The van der Waals surface area contributed by atoms with E-state index in [0.29, 0.717) is 16.9 Å². The molecule has 7 atom stereocenters. The smallest absolute Gasteiger partial charge is 0.186 e. The fourth-order valence-electron chi connectivity index (χ4n) is 7.85. The summed E-state index contributed by atoms with van der Waals surface area (Å²) in [6.45, 7) is 12.5. The second-order valence-corrected chi connectivity index (χ2v) is 15.8. The lowest BCUT2D eigenvalue weighted by atomic mass is 9.45. The van der Waals surface area contributed by atoms with E-state index in [9.17, 15) is 0 Å². The molecule has 0 N–H and O–H groups in total. The zero-order chi connectivity index (χ0) is 17.9. The van der Waals surface area contributed by atoms with Crippen molar-refractivity contribution in [3.8, 4) is 0 Å². The van der Waals surface area contributed by atoms with Crippen LogP contribution < -0.4 is 0 Å². The first-order valence-electron chi connectivity index (χ1n) is 11.5. The molecule has 0 spiro atoms. The summed E-state index contributed by atoms with van der Waals surface area (Å²) in [6, 6.07) is 1.26. The van der Waals surface area contributed by atoms with Gasteiger partial charge in [-0.15, -0.1) is 0 Å². The molecule has 4 fully saturated rings. The normalized spacial score (nSPS) is 50.0. The van der Waals surface area contributed by atoms with Crippen LogP contribution in [0, 0.1) is 34.5 Å². The highest BCUT2D eigenvalue weighted by molar-refractivity contribution is 6.71. The van der Waals surface area contributed by atoms with Gasteiger partial charge < -0.3 is 4.43 Å². The molecule has 1 nitrogen and oxygen atoms in total. The molecule has 0 saturated heterocycles. The van der Waals surface area contributed by atoms with Crippen LogP contribution in [0.25, 0.3) is 0 Å². The van der Waals surface area contributed by atoms with Gasteiger partial charge >= 0.3 is 0 Å². The Labute approximate surface area is 157 Å². The summed E-state index contributed by atoms with van der Waals surface area (Å²) in [5.74, 6) is 4.09. The van der Waals surface area contributed by atoms with Crippen molar-refractivity contribution in [2.75, 3.05) is 0 Å². The number of hydrogen-bond donors (Lipinski definition) is 0. The minimum Gasteiger partial charge on any atom is -0.414 e. The minimum atomic E-state index is -1.41. The van der Waals surface area contributed by atoms with E-state index >= 15 is 0 Å². The molecule has 4 aliphatic rings. The zero-order valence-electron chi connectivity index (χ0n) is 17.6. The molecule has 0 radical (unpaired) electrons. The second kappa shape index (κ2) is 6.36. The van der Waals surface area contributed by atoms with Crippen molar-refractivity contribution in [3.05, 3.63) is 0 Å². The fourth-order valence-corrected chi connectivity index (χ4v) is 9.14. The molecule has 0 aromatic rings. The van der Waals surface area contributed by atoms with Crippen molar-refractivity contribution in [2.24, 2.45) is 34.5 Å². The summed E-state index contributed by atoms with van der Waals surface area (Å²) in [7, 11) is -1.41. The van der Waals surface area contributed by atoms with Crippen LogP contribution in [0.5, 0.6) is 0 Å². The Balaban J connectivity index is 1.48. The third kappa shape index (κ3) is 3.08. The molecular weight excluding hydrogens is 320 g/mol. The number of fused-ring (bicyclic) bond motifs is 5. The first-order valence-corrected chi connectivity index (χ1v) is 14.6. The largest absolute Gasteiger partial charge is 0.414 e. The van der Waals surface area contributed by atoms with Gasteiger partial charge in [0, 0.05) is 6.10 Å². The van der Waals surface area contributed by atoms with Crippen LogP contribution in [0.3, 0.4) is 0 Å². The fraction of sp³-hybridized carbons (Fsp3) is 1.00. The molecular formula is C23H42OSi. The molecule has 0 aromatic carbocycles. The predicted molar refractivity (Wildman–Crippen MR) is 109 cm³/mol. The lowest BCUT2D eigenvalue weighted by molar-refractivity contribution is -0.118. The van der Waals surface area contributed by atoms with Crippen LogP contribution in [-0.2, 0) is 4.43 Å². The molecule has 0 heterocycles. The summed E-state index contributed by atoms with van der Waals surface area (Å²) in [5, 5.41) is 0. The van der Waals surface area contributed by atoms with E-state index in [-0.39, 0.29) is 0 Å². The van der Waals surface area contributed by atoms with Gasteiger partial charge in [-0.1, -0.05) is 27.2 Å². The molecule has 4 aliphatic carbocycles. The quantitative estimate of drug-likeness (QED) is 0.490. The average molecular weight is 363 g/mol. The van der Waals surface area contributed by atoms with Crippen LogP contribution in [0.2, 0.25) is 19.1 Å². The Morgan fingerprint density at radius 3 is 2.48 bits per heavy atom. The predicted octanol–water partition coefficient (Wildman–Crippen LogP) is 7.03. The van der Waals surface area contributed by atoms with E-state index in [0.717, 1.165) is 23.7 Å². The Bertz CT molecular complexity index is 502. The van der Waals surface area contributed by atoms with Crippen molar-refractivity contribution < 1.29 is 4.43 Å². The van der Waals surface area contributed by atoms with E-state index in [4.69, 9.17) is 4.43 Å². The Hall–Kier alpha value is 0.177. The maximum atomic E-state index is 6.68. The van der Waals surface area contributed by atoms with Gasteiger partial charge in [0.1, 0.15) is 0 Å². The van der Waals surface area contributed by atoms with Gasteiger partial charge in [0.25, 0.3) is 0 Å². The molecule has 4 rings (SSSR count). The van der Waals surface area contributed by atoms with E-state index in [2.05, 4.69) is 33.9 Å². The van der Waals surface area contributed by atoms with Crippen LogP contribution in [0.4, 0.5) is 0 Å². The van der Waals surface area contributed by atoms with Gasteiger partial charge in [0.15, 0.2) is 8.32 Å². The van der Waals surface area contributed by atoms with Crippen LogP contribution in [0.15, 0.2) is 0 Å². The van der Waals surface area contributed by atoms with E-state index in [1.54, 1.807) is 6.42 Å². The highest BCUT2D eigenvalue weighted by atomic mass is 28.4. The Morgan fingerprint density at radius 1 is 0.920 bits per heavy atom. The number of hydrogen-bond acceptors (Lipinski definition) is 1. The molecule has 7 unspecified atom stereocenters. The van der Waals surface area contributed by atoms with Crippen molar-refractivity contribution in [1.82, 2.24) is 0 Å². The molecule has 4 saturated carbocycles. The lowest BCUT2D eigenvalue weighted by Gasteiger charge is -2.61. The van der Waals surface area contributed by atoms with Gasteiger partial charge in [-0.2, -0.15) is 0 Å². The average Bonchev–Trinajstić information content (AvgIpc) is 2.97. The Kier molecular flexibility index (Phi) is 4.72. The standard InChI is InChI=1S/C23H42OSi/c1-6-25(4,5)24-18-11-15-23(3)17(16-18)9-10-19-20-8-7-13-22(20,2)14-12-21(19)23/h17-21H,6-16H2,1-5H3. The molecule has 0 bridgehead atoms. The van der Waals surface area contributed by atoms with Gasteiger partial charge in [-0.3, -0.25) is 0 Å². The van der Waals surface area contributed by atoms with E-state index in [1.807, 2.05) is 0 Å². The van der Waals surface area contributed by atoms with Crippen molar-refractivity contribution >= 4 is 8.32 Å². The first-order chi connectivity index (χ1) is 11.8. The van der Waals surface area contributed by atoms with Crippen molar-refractivity contribution in [2.45, 2.75) is 110 Å². The monoisotopic (exact) mass is 362 g/mol. The van der Waals surface area contributed by atoms with Crippen LogP contribution in [0.1, 0.15) is 85.0 Å². The summed E-state index contributed by atoms with van der Waals surface area (Å²) in [6.07, 6.45) is 15.4. The molecule has 2 heteroatoms. The first kappa shape index (κ1) is 18.5. The van der Waals surface area contributed by atoms with E-state index in [1.165, 1.54) is 63.8 Å². The summed E-state index contributed by atoms with van der Waals surface area (Å²) in [4.78, 5) is 0. The Morgan fingerprint density at radius 2 is 1.72 bits per heavy atom. The van der Waals surface area contributed by atoms with Gasteiger partial charge in [-0.05, 0) is 111 Å². The van der Waals surface area contributed by atoms with Crippen molar-refractivity contribution in [3.63, 3.8) is 0 Å². The molecule has 0 amide bonds. The van der Waals surface area contributed by atoms with Crippen LogP contribution >= 0.6 is 0 Å². The maximum Gasteiger partial charge on any atom is 0.186 e. The summed E-state index contributed by atoms with van der Waals surface area (Å²) in [5.41, 5.74) is 1.34. The van der Waals surface area contributed by atoms with Gasteiger partial charge in [0.05, 0.1) is 0 Å². The molecule has 0 aliphatic heterocycles. The summed E-state index contributed by atoms with van der Waals surface area (Å²) >= 11 is 0. The maximum absolute atomic E-state index is 6.68. The summed E-state index contributed by atoms with van der Waals surface area (Å²) < 4.78 is 6.68. The third-order valence-electron chi connectivity index (χ3n) is 9.74. The second-order valence-electron chi connectivity index (χ2n) is 11.4. The lowest BCUT2D eigenvalue weighted by Crippen LogP contribution is -2.54. The van der Waals surface area contributed by atoms with Gasteiger partial charge in [0.2, 0.25) is 0 Å². The highest BCUT2D eigenvalue weighted by Crippen LogP contribution is 2.66. The minimum absolute atomic E-state index is 0.580. The SMILES string of the molecule is CC[Si](C)(C)OC1CCC2(C)C(CCC3C4CCCC4(C)CCC32)C1.